The number of esters is 2. The van der Waals surface area contributed by atoms with Crippen LogP contribution in [0, 0.1) is 17.3 Å². The van der Waals surface area contributed by atoms with Crippen molar-refractivity contribution in [2.75, 3.05) is 13.2 Å². The standard InChI is InChI=1S/C22H38O4/c1-3-22(4-2,21(24)26-17-19-13-9-6-10-14-19)15-20(23)25-16-18-11-7-5-8-12-18/h18-19H,3-17H2,1-2H3. The Morgan fingerprint density at radius 3 is 1.69 bits per heavy atom. The van der Waals surface area contributed by atoms with Crippen molar-refractivity contribution in [1.82, 2.24) is 0 Å². The van der Waals surface area contributed by atoms with Gasteiger partial charge in [-0.05, 0) is 50.4 Å². The molecule has 0 aromatic carbocycles. The lowest BCUT2D eigenvalue weighted by atomic mass is 9.79. The van der Waals surface area contributed by atoms with Gasteiger partial charge in [-0.1, -0.05) is 52.4 Å². The van der Waals surface area contributed by atoms with Crippen molar-refractivity contribution < 1.29 is 19.1 Å². The van der Waals surface area contributed by atoms with Crippen LogP contribution >= 0.6 is 0 Å². The summed E-state index contributed by atoms with van der Waals surface area (Å²) in [6.07, 6.45) is 13.6. The van der Waals surface area contributed by atoms with Crippen LogP contribution in [0.2, 0.25) is 0 Å². The lowest BCUT2D eigenvalue weighted by Gasteiger charge is -2.30. The van der Waals surface area contributed by atoms with Gasteiger partial charge in [-0.2, -0.15) is 0 Å². The maximum absolute atomic E-state index is 12.8. The SMILES string of the molecule is CCC(CC)(CC(=O)OCC1CCCCC1)C(=O)OCC1CCCCC1. The van der Waals surface area contributed by atoms with E-state index >= 15 is 0 Å². The molecule has 0 aromatic rings. The summed E-state index contributed by atoms with van der Waals surface area (Å²) in [6, 6.07) is 0. The zero-order chi connectivity index (χ0) is 18.8. The highest BCUT2D eigenvalue weighted by atomic mass is 16.5. The Bertz CT molecular complexity index is 429. The predicted molar refractivity (Wildman–Crippen MR) is 103 cm³/mol. The normalized spacial score (nSPS) is 19.9. The molecule has 0 atom stereocenters. The summed E-state index contributed by atoms with van der Waals surface area (Å²) in [5, 5.41) is 0. The average molecular weight is 367 g/mol. The van der Waals surface area contributed by atoms with Crippen LogP contribution in [-0.2, 0) is 19.1 Å². The van der Waals surface area contributed by atoms with Gasteiger partial charge in [0, 0.05) is 0 Å². The summed E-state index contributed by atoms with van der Waals surface area (Å²) in [4.78, 5) is 25.2. The Balaban J connectivity index is 1.81. The van der Waals surface area contributed by atoms with Crippen LogP contribution in [0.15, 0.2) is 0 Å². The quantitative estimate of drug-likeness (QED) is 0.511. The lowest BCUT2D eigenvalue weighted by molar-refractivity contribution is -0.165. The van der Waals surface area contributed by atoms with Gasteiger partial charge in [0.2, 0.25) is 0 Å². The van der Waals surface area contributed by atoms with E-state index in [2.05, 4.69) is 0 Å². The molecule has 0 amide bonds. The van der Waals surface area contributed by atoms with E-state index in [0.29, 0.717) is 37.9 Å². The van der Waals surface area contributed by atoms with Crippen LogP contribution in [0.25, 0.3) is 0 Å². The highest BCUT2D eigenvalue weighted by Gasteiger charge is 2.40. The molecule has 0 saturated heterocycles. The molecule has 0 N–H and O–H groups in total. The zero-order valence-corrected chi connectivity index (χ0v) is 16.9. The Morgan fingerprint density at radius 2 is 1.23 bits per heavy atom. The molecule has 2 fully saturated rings. The summed E-state index contributed by atoms with van der Waals surface area (Å²) >= 11 is 0. The van der Waals surface area contributed by atoms with E-state index in [1.165, 1.54) is 38.5 Å². The first-order chi connectivity index (χ1) is 12.6. The molecule has 150 valence electrons. The first kappa shape index (κ1) is 21.2. The molecular formula is C22H38O4. The monoisotopic (exact) mass is 366 g/mol. The zero-order valence-electron chi connectivity index (χ0n) is 16.9. The third kappa shape index (κ3) is 6.28. The molecule has 2 rings (SSSR count). The minimum atomic E-state index is -0.724. The maximum atomic E-state index is 12.8. The molecule has 0 aromatic heterocycles. The third-order valence-corrected chi connectivity index (χ3v) is 6.65. The minimum Gasteiger partial charge on any atom is -0.465 e. The molecule has 0 aliphatic heterocycles. The summed E-state index contributed by atoms with van der Waals surface area (Å²) in [6.45, 7) is 4.97. The Kier molecular flexibility index (Phi) is 8.94. The van der Waals surface area contributed by atoms with Gasteiger partial charge in [0.1, 0.15) is 0 Å². The van der Waals surface area contributed by atoms with Gasteiger partial charge in [0.05, 0.1) is 25.0 Å². The van der Waals surface area contributed by atoms with Crippen LogP contribution in [0.3, 0.4) is 0 Å². The topological polar surface area (TPSA) is 52.6 Å². The number of rotatable bonds is 9. The summed E-state index contributed by atoms with van der Waals surface area (Å²) in [5.41, 5.74) is -0.724. The molecule has 0 spiro atoms. The van der Waals surface area contributed by atoms with Gasteiger partial charge in [0.25, 0.3) is 0 Å². The van der Waals surface area contributed by atoms with Crippen molar-refractivity contribution in [2.24, 2.45) is 17.3 Å². The Hall–Kier alpha value is -1.06. The molecule has 26 heavy (non-hydrogen) atoms. The second-order valence-corrected chi connectivity index (χ2v) is 8.45. The van der Waals surface area contributed by atoms with Gasteiger partial charge in [-0.15, -0.1) is 0 Å². The fourth-order valence-electron chi connectivity index (χ4n) is 4.45. The highest BCUT2D eigenvalue weighted by Crippen LogP contribution is 2.34. The molecule has 0 bridgehead atoms. The first-order valence-corrected chi connectivity index (χ1v) is 10.9. The molecule has 4 heteroatoms. The Labute approximate surface area is 159 Å². The van der Waals surface area contributed by atoms with Crippen LogP contribution in [-0.4, -0.2) is 25.2 Å². The number of carbonyl (C=O) groups excluding carboxylic acids is 2. The van der Waals surface area contributed by atoms with E-state index in [9.17, 15) is 9.59 Å². The average Bonchev–Trinajstić information content (AvgIpc) is 2.70. The fourth-order valence-corrected chi connectivity index (χ4v) is 4.45. The van der Waals surface area contributed by atoms with Crippen molar-refractivity contribution in [3.8, 4) is 0 Å². The first-order valence-electron chi connectivity index (χ1n) is 10.9. The van der Waals surface area contributed by atoms with Gasteiger partial charge < -0.3 is 9.47 Å². The van der Waals surface area contributed by atoms with Crippen LogP contribution in [0.5, 0.6) is 0 Å². The molecule has 0 unspecified atom stereocenters. The van der Waals surface area contributed by atoms with E-state index in [0.717, 1.165) is 25.7 Å². The molecule has 2 saturated carbocycles. The highest BCUT2D eigenvalue weighted by molar-refractivity contribution is 5.83. The van der Waals surface area contributed by atoms with E-state index in [4.69, 9.17) is 9.47 Å². The molecule has 0 radical (unpaired) electrons. The number of ether oxygens (including phenoxy) is 2. The molecule has 4 nitrogen and oxygen atoms in total. The fraction of sp³-hybridized carbons (Fsp3) is 0.909. The summed E-state index contributed by atoms with van der Waals surface area (Å²) < 4.78 is 11.2. The number of hydrogen-bond donors (Lipinski definition) is 0. The largest absolute Gasteiger partial charge is 0.465 e. The van der Waals surface area contributed by atoms with Crippen LogP contribution < -0.4 is 0 Å². The minimum absolute atomic E-state index is 0.149. The molecular weight excluding hydrogens is 328 g/mol. The molecule has 2 aliphatic carbocycles. The smallest absolute Gasteiger partial charge is 0.312 e. The molecule has 2 aliphatic rings. The molecule has 0 heterocycles. The van der Waals surface area contributed by atoms with Crippen LogP contribution in [0.4, 0.5) is 0 Å². The second kappa shape index (κ2) is 10.9. The van der Waals surface area contributed by atoms with Crippen molar-refractivity contribution >= 4 is 11.9 Å². The van der Waals surface area contributed by atoms with E-state index in [-0.39, 0.29) is 18.4 Å². The Morgan fingerprint density at radius 1 is 0.769 bits per heavy atom. The van der Waals surface area contributed by atoms with E-state index in [1.807, 2.05) is 13.8 Å². The van der Waals surface area contributed by atoms with Crippen molar-refractivity contribution in [3.05, 3.63) is 0 Å². The van der Waals surface area contributed by atoms with E-state index < -0.39 is 5.41 Å². The summed E-state index contributed by atoms with van der Waals surface area (Å²) in [7, 11) is 0. The van der Waals surface area contributed by atoms with Gasteiger partial charge in [0.15, 0.2) is 0 Å². The van der Waals surface area contributed by atoms with Gasteiger partial charge >= 0.3 is 11.9 Å². The number of hydrogen-bond acceptors (Lipinski definition) is 4. The van der Waals surface area contributed by atoms with E-state index in [1.54, 1.807) is 0 Å². The number of carbonyl (C=O) groups is 2. The van der Waals surface area contributed by atoms with Gasteiger partial charge in [-0.25, -0.2) is 0 Å². The third-order valence-electron chi connectivity index (χ3n) is 6.65. The van der Waals surface area contributed by atoms with Crippen LogP contribution in [0.1, 0.15) is 97.3 Å². The van der Waals surface area contributed by atoms with Crippen molar-refractivity contribution in [3.63, 3.8) is 0 Å². The maximum Gasteiger partial charge on any atom is 0.312 e. The van der Waals surface area contributed by atoms with Crippen molar-refractivity contribution in [2.45, 2.75) is 97.3 Å². The second-order valence-electron chi connectivity index (χ2n) is 8.45. The van der Waals surface area contributed by atoms with Crippen molar-refractivity contribution in [1.29, 1.82) is 0 Å². The predicted octanol–water partition coefficient (Wildman–Crippen LogP) is 5.43. The summed E-state index contributed by atoms with van der Waals surface area (Å²) in [5.74, 6) is 0.553. The van der Waals surface area contributed by atoms with Gasteiger partial charge in [-0.3, -0.25) is 9.59 Å². The lowest BCUT2D eigenvalue weighted by Crippen LogP contribution is -2.36.